The Bertz CT molecular complexity index is 1150. The second kappa shape index (κ2) is 7.05. The van der Waals surface area contributed by atoms with Gasteiger partial charge in [0.15, 0.2) is 0 Å². The third-order valence-corrected chi connectivity index (χ3v) is 5.15. The van der Waals surface area contributed by atoms with Crippen molar-refractivity contribution in [3.05, 3.63) is 75.0 Å². The maximum Gasteiger partial charge on any atom is 0.260 e. The Kier molecular flexibility index (Phi) is 4.61. The minimum absolute atomic E-state index is 0.0383. The summed E-state index contributed by atoms with van der Waals surface area (Å²) in [6.07, 6.45) is 6.01. The minimum Gasteiger partial charge on any atom is -0.384 e. The van der Waals surface area contributed by atoms with Crippen molar-refractivity contribution in [1.82, 2.24) is 14.5 Å². The van der Waals surface area contributed by atoms with E-state index in [2.05, 4.69) is 50.2 Å². The predicted octanol–water partition coefficient (Wildman–Crippen LogP) is 3.88. The minimum atomic E-state index is -0.0383. The molecule has 5 nitrogen and oxygen atoms in total. The van der Waals surface area contributed by atoms with Gasteiger partial charge in [0.2, 0.25) is 0 Å². The first-order valence-electron chi connectivity index (χ1n) is 8.38. The van der Waals surface area contributed by atoms with Gasteiger partial charge in [-0.05, 0) is 45.1 Å². The maximum absolute atomic E-state index is 12.8. The van der Waals surface area contributed by atoms with Crippen molar-refractivity contribution in [2.75, 3.05) is 13.7 Å². The molecule has 0 aliphatic heterocycles. The van der Waals surface area contributed by atoms with Crippen molar-refractivity contribution < 1.29 is 4.74 Å². The van der Waals surface area contributed by atoms with Gasteiger partial charge in [0.25, 0.3) is 5.56 Å². The lowest BCUT2D eigenvalue weighted by Crippen LogP contribution is -2.20. The summed E-state index contributed by atoms with van der Waals surface area (Å²) in [6, 6.07) is 10.3. The molecule has 0 bridgehead atoms. The van der Waals surface area contributed by atoms with Gasteiger partial charge < -0.3 is 14.3 Å². The van der Waals surface area contributed by atoms with Crippen molar-refractivity contribution in [2.45, 2.75) is 13.0 Å². The van der Waals surface area contributed by atoms with E-state index in [0.29, 0.717) is 18.5 Å². The van der Waals surface area contributed by atoms with Crippen LogP contribution in [0.25, 0.3) is 21.7 Å². The Balaban J connectivity index is 1.67. The summed E-state index contributed by atoms with van der Waals surface area (Å²) in [5, 5.41) is 2.66. The van der Waals surface area contributed by atoms with Crippen molar-refractivity contribution in [2.24, 2.45) is 0 Å². The SMILES string of the molecule is COCCc1cc2ccc(Cn3ccc4c(Br)cncc4c3=O)cc2[nH]1. The highest BCUT2D eigenvalue weighted by atomic mass is 79.9. The van der Waals surface area contributed by atoms with E-state index in [1.54, 1.807) is 24.1 Å². The van der Waals surface area contributed by atoms with Crippen LogP contribution in [-0.2, 0) is 17.7 Å². The van der Waals surface area contributed by atoms with Gasteiger partial charge >= 0.3 is 0 Å². The number of pyridine rings is 2. The van der Waals surface area contributed by atoms with Crippen LogP contribution < -0.4 is 5.56 Å². The molecule has 0 atom stereocenters. The van der Waals surface area contributed by atoms with Crippen LogP contribution >= 0.6 is 15.9 Å². The van der Waals surface area contributed by atoms with E-state index in [-0.39, 0.29) is 5.56 Å². The zero-order valence-corrected chi connectivity index (χ0v) is 15.9. The fraction of sp³-hybridized carbons (Fsp3) is 0.200. The van der Waals surface area contributed by atoms with Crippen molar-refractivity contribution >= 4 is 37.6 Å². The number of nitrogens with zero attached hydrogens (tertiary/aromatic N) is 2. The molecule has 0 radical (unpaired) electrons. The van der Waals surface area contributed by atoms with Gasteiger partial charge in [0.1, 0.15) is 0 Å². The largest absolute Gasteiger partial charge is 0.384 e. The maximum atomic E-state index is 12.8. The van der Waals surface area contributed by atoms with Crippen LogP contribution in [0.2, 0.25) is 0 Å². The lowest BCUT2D eigenvalue weighted by molar-refractivity contribution is 0.201. The van der Waals surface area contributed by atoms with Crippen LogP contribution in [0.3, 0.4) is 0 Å². The number of rotatable bonds is 5. The molecule has 0 saturated carbocycles. The number of nitrogens with one attached hydrogen (secondary N) is 1. The molecule has 0 spiro atoms. The molecular weight excluding hydrogens is 394 g/mol. The first kappa shape index (κ1) is 17.0. The van der Waals surface area contributed by atoms with E-state index in [1.165, 1.54) is 5.39 Å². The molecule has 26 heavy (non-hydrogen) atoms. The Labute approximate surface area is 158 Å². The van der Waals surface area contributed by atoms with Crippen LogP contribution in [0.1, 0.15) is 11.3 Å². The first-order valence-corrected chi connectivity index (χ1v) is 9.17. The van der Waals surface area contributed by atoms with Gasteiger partial charge in [-0.3, -0.25) is 9.78 Å². The van der Waals surface area contributed by atoms with E-state index in [0.717, 1.165) is 33.1 Å². The molecule has 0 unspecified atom stereocenters. The second-order valence-corrected chi connectivity index (χ2v) is 7.14. The van der Waals surface area contributed by atoms with Crippen molar-refractivity contribution in [3.8, 4) is 0 Å². The molecule has 4 aromatic rings. The molecule has 3 heterocycles. The number of H-pyrrole nitrogens is 1. The molecule has 0 aliphatic rings. The van der Waals surface area contributed by atoms with E-state index >= 15 is 0 Å². The van der Waals surface area contributed by atoms with Crippen LogP contribution in [0.15, 0.2) is 58.2 Å². The Morgan fingerprint density at radius 3 is 2.92 bits per heavy atom. The molecule has 0 amide bonds. The normalized spacial score (nSPS) is 11.5. The van der Waals surface area contributed by atoms with Crippen molar-refractivity contribution in [1.29, 1.82) is 0 Å². The quantitative estimate of drug-likeness (QED) is 0.541. The topological polar surface area (TPSA) is 59.9 Å². The van der Waals surface area contributed by atoms with E-state index < -0.39 is 0 Å². The summed E-state index contributed by atoms with van der Waals surface area (Å²) in [5.74, 6) is 0. The lowest BCUT2D eigenvalue weighted by atomic mass is 10.1. The molecule has 0 saturated heterocycles. The van der Waals surface area contributed by atoms with E-state index in [4.69, 9.17) is 4.74 Å². The van der Waals surface area contributed by atoms with Gasteiger partial charge in [0.05, 0.1) is 18.5 Å². The molecule has 6 heteroatoms. The molecule has 1 aromatic carbocycles. The summed E-state index contributed by atoms with van der Waals surface area (Å²) in [5.41, 5.74) is 3.26. The monoisotopic (exact) mass is 411 g/mol. The summed E-state index contributed by atoms with van der Waals surface area (Å²) in [7, 11) is 1.70. The fourth-order valence-corrected chi connectivity index (χ4v) is 3.64. The first-order chi connectivity index (χ1) is 12.7. The number of halogens is 1. The second-order valence-electron chi connectivity index (χ2n) is 6.29. The Morgan fingerprint density at radius 2 is 2.08 bits per heavy atom. The molecule has 0 fully saturated rings. The average molecular weight is 412 g/mol. The Hall–Kier alpha value is -2.44. The van der Waals surface area contributed by atoms with E-state index in [1.807, 2.05) is 12.3 Å². The summed E-state index contributed by atoms with van der Waals surface area (Å²) >= 11 is 3.45. The predicted molar refractivity (Wildman–Crippen MR) is 107 cm³/mol. The highest BCUT2D eigenvalue weighted by Crippen LogP contribution is 2.21. The van der Waals surface area contributed by atoms with Crippen LogP contribution in [0, 0.1) is 0 Å². The molecule has 132 valence electrons. The number of hydrogen-bond acceptors (Lipinski definition) is 3. The number of aromatic nitrogens is 3. The van der Waals surface area contributed by atoms with Gasteiger partial charge in [-0.1, -0.05) is 12.1 Å². The summed E-state index contributed by atoms with van der Waals surface area (Å²) in [6.45, 7) is 1.21. The van der Waals surface area contributed by atoms with Gasteiger partial charge in [-0.15, -0.1) is 0 Å². The zero-order chi connectivity index (χ0) is 18.1. The third kappa shape index (κ3) is 3.18. The lowest BCUT2D eigenvalue weighted by Gasteiger charge is -2.08. The average Bonchev–Trinajstić information content (AvgIpc) is 3.05. The molecule has 3 aromatic heterocycles. The summed E-state index contributed by atoms with van der Waals surface area (Å²) in [4.78, 5) is 20.3. The number of hydrogen-bond donors (Lipinski definition) is 1. The molecule has 0 aliphatic carbocycles. The number of methoxy groups -OCH3 is 1. The van der Waals surface area contributed by atoms with Gasteiger partial charge in [-0.25, -0.2) is 0 Å². The zero-order valence-electron chi connectivity index (χ0n) is 14.3. The van der Waals surface area contributed by atoms with Gasteiger partial charge in [-0.2, -0.15) is 0 Å². The molecule has 4 rings (SSSR count). The number of fused-ring (bicyclic) bond motifs is 2. The number of aromatic amines is 1. The highest BCUT2D eigenvalue weighted by Gasteiger charge is 2.08. The molecular formula is C20H18BrN3O2. The van der Waals surface area contributed by atoms with Crippen LogP contribution in [0.5, 0.6) is 0 Å². The number of benzene rings is 1. The third-order valence-electron chi connectivity index (χ3n) is 4.52. The van der Waals surface area contributed by atoms with Crippen molar-refractivity contribution in [3.63, 3.8) is 0 Å². The fourth-order valence-electron chi connectivity index (χ4n) is 3.17. The van der Waals surface area contributed by atoms with Crippen LogP contribution in [0.4, 0.5) is 0 Å². The van der Waals surface area contributed by atoms with Crippen LogP contribution in [-0.4, -0.2) is 28.3 Å². The summed E-state index contributed by atoms with van der Waals surface area (Å²) < 4.78 is 7.68. The Morgan fingerprint density at radius 1 is 1.19 bits per heavy atom. The highest BCUT2D eigenvalue weighted by molar-refractivity contribution is 9.10. The standard InChI is InChI=1S/C20H18BrN3O2/c1-26-7-5-15-9-14-3-2-13(8-19(14)23-15)12-24-6-4-16-17(20(24)25)10-22-11-18(16)21/h2-4,6,8-11,23H,5,7,12H2,1H3. The van der Waals surface area contributed by atoms with E-state index in [9.17, 15) is 4.79 Å². The van der Waals surface area contributed by atoms with Gasteiger partial charge in [0, 0.05) is 53.2 Å². The smallest absolute Gasteiger partial charge is 0.260 e. The molecule has 1 N–H and O–H groups in total. The number of ether oxygens (including phenoxy) is 1.